The van der Waals surface area contributed by atoms with E-state index in [0.29, 0.717) is 6.04 Å². The molecule has 3 nitrogen and oxygen atoms in total. The number of benzene rings is 4. The van der Waals surface area contributed by atoms with E-state index in [2.05, 4.69) is 88.4 Å². The van der Waals surface area contributed by atoms with Crippen molar-refractivity contribution in [1.29, 1.82) is 0 Å². The number of nitrogens with zero attached hydrogens (tertiary/aromatic N) is 1. The molecule has 0 saturated carbocycles. The van der Waals surface area contributed by atoms with Crippen LogP contribution in [-0.4, -0.2) is 11.6 Å². The highest BCUT2D eigenvalue weighted by Gasteiger charge is 2.35. The maximum absolute atomic E-state index is 7.34. The number of anilines is 1. The van der Waals surface area contributed by atoms with E-state index in [1.807, 2.05) is 13.8 Å². The van der Waals surface area contributed by atoms with Crippen molar-refractivity contribution in [2.45, 2.75) is 121 Å². The number of nitrogens with one attached hydrogen (secondary N) is 1. The van der Waals surface area contributed by atoms with Crippen LogP contribution in [0.4, 0.5) is 5.69 Å². The Hall–Kier alpha value is -3.33. The van der Waals surface area contributed by atoms with E-state index >= 15 is 0 Å². The van der Waals surface area contributed by atoms with Gasteiger partial charge < -0.3 is 10.1 Å². The first kappa shape index (κ1) is 28.8. The summed E-state index contributed by atoms with van der Waals surface area (Å²) in [7, 11) is 0. The molecule has 3 heterocycles. The van der Waals surface area contributed by atoms with Crippen LogP contribution in [0.3, 0.4) is 0 Å². The van der Waals surface area contributed by atoms with Gasteiger partial charge in [-0.05, 0) is 168 Å². The van der Waals surface area contributed by atoms with Crippen LogP contribution in [0.1, 0.15) is 103 Å². The molecule has 1 unspecified atom stereocenters. The Kier molecular flexibility index (Phi) is 6.39. The van der Waals surface area contributed by atoms with Crippen molar-refractivity contribution < 1.29 is 4.74 Å². The Morgan fingerprint density at radius 3 is 1.88 bits per heavy atom. The van der Waals surface area contributed by atoms with E-state index in [1.54, 1.807) is 0 Å². The third kappa shape index (κ3) is 3.55. The van der Waals surface area contributed by atoms with Crippen LogP contribution in [0.2, 0.25) is 0 Å². The van der Waals surface area contributed by atoms with E-state index in [4.69, 9.17) is 9.73 Å². The fourth-order valence-electron chi connectivity index (χ4n) is 8.29. The Labute approximate surface area is 252 Å². The lowest BCUT2D eigenvalue weighted by atomic mass is 9.81. The second-order valence-corrected chi connectivity index (χ2v) is 13.7. The van der Waals surface area contributed by atoms with E-state index in [-0.39, 0.29) is 5.54 Å². The monoisotopic (exact) mass is 560 g/mol. The van der Waals surface area contributed by atoms with Crippen molar-refractivity contribution in [2.24, 2.45) is 4.99 Å². The summed E-state index contributed by atoms with van der Waals surface area (Å²) in [6.45, 7) is 31.5. The average Bonchev–Trinajstić information content (AvgIpc) is 3.49. The van der Waals surface area contributed by atoms with Gasteiger partial charge >= 0.3 is 0 Å². The normalized spacial score (nSPS) is 17.6. The molecular formula is C39H48N2O. The molecule has 4 aromatic rings. The molecule has 1 atom stereocenters. The molecule has 3 heteroatoms. The fraction of sp³-hybridized carbons (Fsp3) is 0.462. The summed E-state index contributed by atoms with van der Waals surface area (Å²) in [6.07, 6.45) is 2.02. The zero-order chi connectivity index (χ0) is 30.7. The fourth-order valence-corrected chi connectivity index (χ4v) is 8.29. The Balaban J connectivity index is 0.00000155. The average molecular weight is 561 g/mol. The van der Waals surface area contributed by atoms with Crippen molar-refractivity contribution in [1.82, 2.24) is 0 Å². The standard InChI is InChI=1S/C37H42N2O.C2H6/c1-15-13-25-29-18(4)16(2)27-24(10)28-17(3)19(5)30-26-14-37(11,12)39-34(26)23(9)21(7)32(30)36(28)40-35(27)31(29)20(6)22(8)33(25)38-15;1-2/h15,39H,13-14H2,1-12H3;1-2H3. The summed E-state index contributed by atoms with van der Waals surface area (Å²) in [6, 6.07) is 0.324. The third-order valence-corrected chi connectivity index (χ3v) is 10.7. The smallest absolute Gasteiger partial charge is 0.143 e. The van der Waals surface area contributed by atoms with Crippen molar-refractivity contribution in [3.05, 3.63) is 71.8 Å². The highest BCUT2D eigenvalue weighted by atomic mass is 16.5. The summed E-state index contributed by atoms with van der Waals surface area (Å²) in [5.41, 5.74) is 17.5. The zero-order valence-electron chi connectivity index (χ0n) is 28.3. The SMILES string of the molecule is CC.CC1=c2c(C)c(C)c3c4c(c(C)c(C)c3c2Oc2c1c(C)c(C)c1c3c(c(C)c(C)c21)NC(C)(C)C3)=NC(C)C4. The first-order valence-corrected chi connectivity index (χ1v) is 15.9. The van der Waals surface area contributed by atoms with Gasteiger partial charge in [-0.25, -0.2) is 0 Å². The Bertz CT molecular complexity index is 2020. The van der Waals surface area contributed by atoms with Gasteiger partial charge in [-0.3, -0.25) is 4.99 Å². The van der Waals surface area contributed by atoms with Gasteiger partial charge in [0.25, 0.3) is 0 Å². The molecule has 4 aromatic carbocycles. The van der Waals surface area contributed by atoms with E-state index < -0.39 is 0 Å². The number of aryl methyl sites for hydroxylation is 4. The van der Waals surface area contributed by atoms with Gasteiger partial charge in [0.05, 0.1) is 11.4 Å². The molecule has 0 aromatic heterocycles. The lowest BCUT2D eigenvalue weighted by Gasteiger charge is -2.29. The molecule has 0 fully saturated rings. The van der Waals surface area contributed by atoms with Crippen LogP contribution in [0, 0.1) is 55.4 Å². The molecule has 0 bridgehead atoms. The largest absolute Gasteiger partial charge is 0.455 e. The Morgan fingerprint density at radius 1 is 0.667 bits per heavy atom. The molecule has 3 aliphatic rings. The highest BCUT2D eigenvalue weighted by molar-refractivity contribution is 6.07. The van der Waals surface area contributed by atoms with Crippen LogP contribution in [0.5, 0.6) is 11.5 Å². The minimum atomic E-state index is 0.0433. The summed E-state index contributed by atoms with van der Waals surface area (Å²) in [4.78, 5) is 5.07. The highest BCUT2D eigenvalue weighted by Crippen LogP contribution is 2.52. The summed E-state index contributed by atoms with van der Waals surface area (Å²) in [5, 5.41) is 11.7. The van der Waals surface area contributed by atoms with Crippen molar-refractivity contribution in [3.63, 3.8) is 0 Å². The van der Waals surface area contributed by atoms with Crippen molar-refractivity contribution in [3.8, 4) is 11.5 Å². The molecule has 0 amide bonds. The molecule has 0 aliphatic carbocycles. The molecule has 0 saturated heterocycles. The molecule has 0 spiro atoms. The lowest BCUT2D eigenvalue weighted by Crippen LogP contribution is -2.27. The van der Waals surface area contributed by atoms with Gasteiger partial charge in [0, 0.05) is 32.8 Å². The topological polar surface area (TPSA) is 33.6 Å². The van der Waals surface area contributed by atoms with E-state index in [1.165, 1.54) is 105 Å². The molecule has 3 aliphatic heterocycles. The van der Waals surface area contributed by atoms with Crippen molar-refractivity contribution in [2.75, 3.05) is 5.32 Å². The van der Waals surface area contributed by atoms with Crippen LogP contribution >= 0.6 is 0 Å². The first-order valence-electron chi connectivity index (χ1n) is 15.9. The van der Waals surface area contributed by atoms with Gasteiger partial charge in [0.1, 0.15) is 11.5 Å². The Morgan fingerprint density at radius 2 is 1.21 bits per heavy atom. The molecule has 42 heavy (non-hydrogen) atoms. The number of hydrogen-bond donors (Lipinski definition) is 1. The molecule has 7 rings (SSSR count). The van der Waals surface area contributed by atoms with Crippen LogP contribution in [-0.2, 0) is 12.8 Å². The van der Waals surface area contributed by atoms with Crippen LogP contribution < -0.4 is 20.6 Å². The molecular weight excluding hydrogens is 512 g/mol. The first-order chi connectivity index (χ1) is 19.7. The number of hydrogen-bond acceptors (Lipinski definition) is 3. The molecule has 1 N–H and O–H groups in total. The van der Waals surface area contributed by atoms with Gasteiger partial charge in [-0.15, -0.1) is 0 Å². The molecule has 0 radical (unpaired) electrons. The predicted molar refractivity (Wildman–Crippen MR) is 181 cm³/mol. The summed E-state index contributed by atoms with van der Waals surface area (Å²) >= 11 is 0. The van der Waals surface area contributed by atoms with E-state index in [0.717, 1.165) is 24.3 Å². The lowest BCUT2D eigenvalue weighted by molar-refractivity contribution is 0.481. The maximum Gasteiger partial charge on any atom is 0.143 e. The van der Waals surface area contributed by atoms with Crippen LogP contribution in [0.25, 0.3) is 27.1 Å². The quantitative estimate of drug-likeness (QED) is 0.233. The van der Waals surface area contributed by atoms with Gasteiger partial charge in [-0.2, -0.15) is 0 Å². The van der Waals surface area contributed by atoms with Crippen molar-refractivity contribution >= 4 is 32.8 Å². The van der Waals surface area contributed by atoms with Gasteiger partial charge in [0.15, 0.2) is 0 Å². The zero-order valence-corrected chi connectivity index (χ0v) is 28.3. The minimum absolute atomic E-state index is 0.0433. The van der Waals surface area contributed by atoms with Gasteiger partial charge in [0.2, 0.25) is 0 Å². The van der Waals surface area contributed by atoms with Gasteiger partial charge in [-0.1, -0.05) is 13.8 Å². The minimum Gasteiger partial charge on any atom is -0.455 e. The third-order valence-electron chi connectivity index (χ3n) is 10.7. The predicted octanol–water partition coefficient (Wildman–Crippen LogP) is 9.12. The summed E-state index contributed by atoms with van der Waals surface area (Å²) < 4.78 is 7.34. The second kappa shape index (κ2) is 9.33. The number of ether oxygens (including phenoxy) is 1. The van der Waals surface area contributed by atoms with E-state index in [9.17, 15) is 0 Å². The number of rotatable bonds is 0. The maximum atomic E-state index is 7.34. The summed E-state index contributed by atoms with van der Waals surface area (Å²) in [5.74, 6) is 2.10. The number of fused-ring (bicyclic) bond motifs is 10. The van der Waals surface area contributed by atoms with Crippen LogP contribution in [0.15, 0.2) is 4.99 Å². The molecule has 220 valence electrons. The second-order valence-electron chi connectivity index (χ2n) is 13.7.